The molecule has 0 bridgehead atoms. The molecule has 0 saturated carbocycles. The number of amides is 1. The third kappa shape index (κ3) is 4.07. The van der Waals surface area contributed by atoms with Crippen molar-refractivity contribution in [2.75, 3.05) is 13.2 Å². The Labute approximate surface area is 102 Å². The number of rotatable bonds is 5. The topological polar surface area (TPSA) is 58.6 Å². The number of aromatic hydroxyl groups is 1. The standard InChI is InChI=1S/C13H19NO3/c1-4-17-10(3)8-14-13(16)12-6-5-11(15)7-9(12)2/h5-7,10,15H,4,8H2,1-3H3,(H,14,16). The molecule has 0 heterocycles. The highest BCUT2D eigenvalue weighted by Gasteiger charge is 2.10. The summed E-state index contributed by atoms with van der Waals surface area (Å²) in [5, 5.41) is 12.1. The zero-order valence-corrected chi connectivity index (χ0v) is 10.5. The predicted molar refractivity (Wildman–Crippen MR) is 66.3 cm³/mol. The Morgan fingerprint density at radius 1 is 1.53 bits per heavy atom. The molecule has 0 saturated heterocycles. The minimum absolute atomic E-state index is 0.00127. The van der Waals surface area contributed by atoms with Crippen LogP contribution in [0.15, 0.2) is 18.2 Å². The Hall–Kier alpha value is -1.55. The Morgan fingerprint density at radius 2 is 2.24 bits per heavy atom. The first-order chi connectivity index (χ1) is 8.04. The normalized spacial score (nSPS) is 12.2. The van der Waals surface area contributed by atoms with Crippen LogP contribution in [0.3, 0.4) is 0 Å². The van der Waals surface area contributed by atoms with Crippen molar-refractivity contribution in [2.24, 2.45) is 0 Å². The summed E-state index contributed by atoms with van der Waals surface area (Å²) < 4.78 is 5.32. The number of phenolic OH excluding ortho intramolecular Hbond substituents is 1. The van der Waals surface area contributed by atoms with Gasteiger partial charge < -0.3 is 15.2 Å². The molecule has 1 atom stereocenters. The van der Waals surface area contributed by atoms with E-state index in [9.17, 15) is 9.90 Å². The fourth-order valence-electron chi connectivity index (χ4n) is 1.58. The molecule has 0 aliphatic carbocycles. The van der Waals surface area contributed by atoms with Crippen molar-refractivity contribution in [3.63, 3.8) is 0 Å². The van der Waals surface area contributed by atoms with E-state index in [0.717, 1.165) is 5.56 Å². The van der Waals surface area contributed by atoms with Crippen molar-refractivity contribution in [1.82, 2.24) is 5.32 Å². The molecule has 0 aliphatic rings. The van der Waals surface area contributed by atoms with Crippen molar-refractivity contribution in [3.05, 3.63) is 29.3 Å². The molecule has 4 heteroatoms. The van der Waals surface area contributed by atoms with Gasteiger partial charge in [0, 0.05) is 18.7 Å². The van der Waals surface area contributed by atoms with E-state index in [-0.39, 0.29) is 17.8 Å². The molecule has 0 fully saturated rings. The van der Waals surface area contributed by atoms with E-state index in [2.05, 4.69) is 5.32 Å². The molecule has 2 N–H and O–H groups in total. The number of aryl methyl sites for hydroxylation is 1. The average molecular weight is 237 g/mol. The van der Waals surface area contributed by atoms with Crippen LogP contribution in [-0.2, 0) is 4.74 Å². The molecule has 1 aromatic rings. The molecule has 1 amide bonds. The van der Waals surface area contributed by atoms with Crippen LogP contribution in [0.5, 0.6) is 5.75 Å². The average Bonchev–Trinajstić information content (AvgIpc) is 2.26. The van der Waals surface area contributed by atoms with Gasteiger partial charge >= 0.3 is 0 Å². The lowest BCUT2D eigenvalue weighted by Crippen LogP contribution is -2.32. The summed E-state index contributed by atoms with van der Waals surface area (Å²) in [4.78, 5) is 11.8. The molecule has 0 radical (unpaired) electrons. The summed E-state index contributed by atoms with van der Waals surface area (Å²) >= 11 is 0. The van der Waals surface area contributed by atoms with E-state index in [1.807, 2.05) is 13.8 Å². The Balaban J connectivity index is 2.58. The summed E-state index contributed by atoms with van der Waals surface area (Å²) in [7, 11) is 0. The van der Waals surface area contributed by atoms with Gasteiger partial charge in [0.25, 0.3) is 5.91 Å². The smallest absolute Gasteiger partial charge is 0.251 e. The van der Waals surface area contributed by atoms with Gasteiger partial charge in [-0.05, 0) is 44.5 Å². The van der Waals surface area contributed by atoms with Crippen LogP contribution in [0, 0.1) is 6.92 Å². The van der Waals surface area contributed by atoms with Gasteiger partial charge in [0.2, 0.25) is 0 Å². The third-order valence-corrected chi connectivity index (χ3v) is 2.46. The van der Waals surface area contributed by atoms with Crippen LogP contribution < -0.4 is 5.32 Å². The summed E-state index contributed by atoms with van der Waals surface area (Å²) in [5.74, 6) is 0.0239. The fourth-order valence-corrected chi connectivity index (χ4v) is 1.58. The molecule has 1 aromatic carbocycles. The van der Waals surface area contributed by atoms with E-state index < -0.39 is 0 Å². The van der Waals surface area contributed by atoms with Crippen LogP contribution in [0.4, 0.5) is 0 Å². The lowest BCUT2D eigenvalue weighted by molar-refractivity contribution is 0.0695. The van der Waals surface area contributed by atoms with Crippen LogP contribution in [-0.4, -0.2) is 30.3 Å². The highest BCUT2D eigenvalue weighted by atomic mass is 16.5. The predicted octanol–water partition coefficient (Wildman–Crippen LogP) is 1.86. The second kappa shape index (κ2) is 6.25. The first-order valence-corrected chi connectivity index (χ1v) is 5.74. The first kappa shape index (κ1) is 13.5. The van der Waals surface area contributed by atoms with Gasteiger partial charge in [0.15, 0.2) is 0 Å². The second-order valence-electron chi connectivity index (χ2n) is 3.98. The number of benzene rings is 1. The Kier molecular flexibility index (Phi) is 4.97. The van der Waals surface area contributed by atoms with Gasteiger partial charge in [-0.1, -0.05) is 0 Å². The van der Waals surface area contributed by atoms with Gasteiger partial charge in [-0.25, -0.2) is 0 Å². The van der Waals surface area contributed by atoms with Crippen molar-refractivity contribution in [3.8, 4) is 5.75 Å². The summed E-state index contributed by atoms with van der Waals surface area (Å²) in [5.41, 5.74) is 1.33. The highest BCUT2D eigenvalue weighted by Crippen LogP contribution is 2.15. The maximum Gasteiger partial charge on any atom is 0.251 e. The second-order valence-corrected chi connectivity index (χ2v) is 3.98. The van der Waals surface area contributed by atoms with Crippen LogP contribution in [0.25, 0.3) is 0 Å². The maximum absolute atomic E-state index is 11.8. The van der Waals surface area contributed by atoms with Gasteiger partial charge in [-0.3, -0.25) is 4.79 Å². The summed E-state index contributed by atoms with van der Waals surface area (Å²) in [6.07, 6.45) is 0.00127. The molecule has 94 valence electrons. The van der Waals surface area contributed by atoms with Crippen LogP contribution in [0.1, 0.15) is 29.8 Å². The molecule has 0 aromatic heterocycles. The minimum Gasteiger partial charge on any atom is -0.508 e. The largest absolute Gasteiger partial charge is 0.508 e. The van der Waals surface area contributed by atoms with E-state index >= 15 is 0 Å². The van der Waals surface area contributed by atoms with Crippen LogP contribution in [0.2, 0.25) is 0 Å². The lowest BCUT2D eigenvalue weighted by Gasteiger charge is -2.13. The molecular formula is C13H19NO3. The molecule has 4 nitrogen and oxygen atoms in total. The van der Waals surface area contributed by atoms with Gasteiger partial charge in [-0.2, -0.15) is 0 Å². The lowest BCUT2D eigenvalue weighted by atomic mass is 10.1. The van der Waals surface area contributed by atoms with Crippen LogP contribution >= 0.6 is 0 Å². The zero-order valence-electron chi connectivity index (χ0n) is 10.5. The number of ether oxygens (including phenoxy) is 1. The quantitative estimate of drug-likeness (QED) is 0.821. The van der Waals surface area contributed by atoms with Crippen molar-refractivity contribution < 1.29 is 14.6 Å². The van der Waals surface area contributed by atoms with E-state index in [4.69, 9.17) is 4.74 Å². The molecule has 0 spiro atoms. The number of hydrogen-bond donors (Lipinski definition) is 2. The first-order valence-electron chi connectivity index (χ1n) is 5.74. The highest BCUT2D eigenvalue weighted by molar-refractivity contribution is 5.95. The summed E-state index contributed by atoms with van der Waals surface area (Å²) in [6.45, 7) is 6.73. The number of carbonyl (C=O) groups is 1. The fraction of sp³-hybridized carbons (Fsp3) is 0.462. The monoisotopic (exact) mass is 237 g/mol. The zero-order chi connectivity index (χ0) is 12.8. The van der Waals surface area contributed by atoms with E-state index in [1.165, 1.54) is 6.07 Å². The number of nitrogens with one attached hydrogen (secondary N) is 1. The van der Waals surface area contributed by atoms with Gasteiger partial charge in [0.05, 0.1) is 6.10 Å². The molecular weight excluding hydrogens is 218 g/mol. The molecule has 1 unspecified atom stereocenters. The van der Waals surface area contributed by atoms with Crippen molar-refractivity contribution in [1.29, 1.82) is 0 Å². The number of carbonyl (C=O) groups excluding carboxylic acids is 1. The SMILES string of the molecule is CCOC(C)CNC(=O)c1ccc(O)cc1C. The van der Waals surface area contributed by atoms with E-state index in [1.54, 1.807) is 19.1 Å². The van der Waals surface area contributed by atoms with Crippen molar-refractivity contribution in [2.45, 2.75) is 26.9 Å². The maximum atomic E-state index is 11.8. The number of hydrogen-bond acceptors (Lipinski definition) is 3. The van der Waals surface area contributed by atoms with Gasteiger partial charge in [0.1, 0.15) is 5.75 Å². The molecule has 1 rings (SSSR count). The minimum atomic E-state index is -0.144. The Morgan fingerprint density at radius 3 is 2.82 bits per heavy atom. The molecule has 17 heavy (non-hydrogen) atoms. The van der Waals surface area contributed by atoms with Crippen molar-refractivity contribution >= 4 is 5.91 Å². The molecule has 0 aliphatic heterocycles. The van der Waals surface area contributed by atoms with E-state index in [0.29, 0.717) is 18.7 Å². The summed E-state index contributed by atoms with van der Waals surface area (Å²) in [6, 6.07) is 4.69. The Bertz CT molecular complexity index is 390. The third-order valence-electron chi connectivity index (χ3n) is 2.46. The number of phenols is 1. The van der Waals surface area contributed by atoms with Gasteiger partial charge in [-0.15, -0.1) is 0 Å².